The fourth-order valence-corrected chi connectivity index (χ4v) is 6.15. The molecule has 11 heteroatoms. The maximum absolute atomic E-state index is 12.9. The van der Waals surface area contributed by atoms with Gasteiger partial charge in [-0.05, 0) is 36.2 Å². The fourth-order valence-electron chi connectivity index (χ4n) is 3.31. The fraction of sp³-hybridized carbons (Fsp3) is 0.368. The van der Waals surface area contributed by atoms with Crippen molar-refractivity contribution in [3.8, 4) is 0 Å². The Balaban J connectivity index is 1.70. The summed E-state index contributed by atoms with van der Waals surface area (Å²) in [7, 11) is -7.57. The quantitative estimate of drug-likeness (QED) is 0.469. The van der Waals surface area contributed by atoms with Gasteiger partial charge in [0.1, 0.15) is 0 Å². The number of hydrogen-bond acceptors (Lipinski definition) is 6. The van der Waals surface area contributed by atoms with Crippen molar-refractivity contribution in [2.24, 2.45) is 0 Å². The second-order valence-corrected chi connectivity index (χ2v) is 10.8. The predicted octanol–water partition coefficient (Wildman–Crippen LogP) is 2.24. The molecule has 0 N–H and O–H groups in total. The van der Waals surface area contributed by atoms with E-state index in [2.05, 4.69) is 6.92 Å². The first-order valence-corrected chi connectivity index (χ1v) is 12.4. The van der Waals surface area contributed by atoms with E-state index in [-0.39, 0.29) is 41.7 Å². The van der Waals surface area contributed by atoms with Crippen molar-refractivity contribution < 1.29 is 21.8 Å². The Kier molecular flexibility index (Phi) is 6.56. The lowest BCUT2D eigenvalue weighted by Gasteiger charge is -2.33. The van der Waals surface area contributed by atoms with Gasteiger partial charge in [-0.1, -0.05) is 25.5 Å². The van der Waals surface area contributed by atoms with Crippen molar-refractivity contribution in [2.45, 2.75) is 29.6 Å². The Bertz CT molecular complexity index is 1110. The minimum atomic E-state index is -3.86. The van der Waals surface area contributed by atoms with Crippen LogP contribution in [0.5, 0.6) is 0 Å². The van der Waals surface area contributed by atoms with E-state index < -0.39 is 25.0 Å². The number of sulfonamides is 2. The van der Waals surface area contributed by atoms with Crippen LogP contribution in [0.3, 0.4) is 0 Å². The smallest absolute Gasteiger partial charge is 0.258 e. The zero-order valence-corrected chi connectivity index (χ0v) is 18.1. The number of nitrogens with zero attached hydrogens (tertiary/aromatic N) is 3. The SMILES string of the molecule is CCCc1ccc(S(=O)(=O)N2CCN(S(=O)(=O)c3ccc([N+](=O)[O-])cc3)CC2)cc1. The molecule has 0 aliphatic carbocycles. The van der Waals surface area contributed by atoms with Gasteiger partial charge in [-0.3, -0.25) is 10.1 Å². The first kappa shape index (κ1) is 22.3. The van der Waals surface area contributed by atoms with Crippen molar-refractivity contribution >= 4 is 25.7 Å². The van der Waals surface area contributed by atoms with E-state index in [1.165, 1.54) is 20.7 Å². The van der Waals surface area contributed by atoms with Crippen LogP contribution < -0.4 is 0 Å². The average Bonchev–Trinajstić information content (AvgIpc) is 2.74. The molecule has 2 aromatic rings. The number of nitro benzene ring substituents is 1. The molecule has 0 unspecified atom stereocenters. The number of nitro groups is 1. The largest absolute Gasteiger partial charge is 0.269 e. The van der Waals surface area contributed by atoms with E-state index in [1.807, 2.05) is 0 Å². The molecular formula is C19H23N3O6S2. The molecule has 0 bridgehead atoms. The lowest BCUT2D eigenvalue weighted by Crippen LogP contribution is -2.50. The van der Waals surface area contributed by atoms with Gasteiger partial charge >= 0.3 is 0 Å². The highest BCUT2D eigenvalue weighted by Gasteiger charge is 2.33. The highest BCUT2D eigenvalue weighted by molar-refractivity contribution is 7.89. The Morgan fingerprint density at radius 1 is 0.800 bits per heavy atom. The minimum Gasteiger partial charge on any atom is -0.258 e. The normalized spacial score (nSPS) is 16.4. The molecule has 1 fully saturated rings. The summed E-state index contributed by atoms with van der Waals surface area (Å²) in [6.07, 6.45) is 1.84. The molecule has 3 rings (SSSR count). The third-order valence-corrected chi connectivity index (χ3v) is 8.81. The molecule has 0 saturated carbocycles. The maximum atomic E-state index is 12.9. The summed E-state index contributed by atoms with van der Waals surface area (Å²) in [4.78, 5) is 10.3. The van der Waals surface area contributed by atoms with Crippen LogP contribution in [0.15, 0.2) is 58.3 Å². The second-order valence-electron chi connectivity index (χ2n) is 6.95. The monoisotopic (exact) mass is 453 g/mol. The summed E-state index contributed by atoms with van der Waals surface area (Å²) in [5.41, 5.74) is 0.866. The van der Waals surface area contributed by atoms with Gasteiger partial charge in [0.25, 0.3) is 5.69 Å². The molecule has 0 radical (unpaired) electrons. The number of piperazine rings is 1. The molecule has 1 heterocycles. The molecule has 9 nitrogen and oxygen atoms in total. The van der Waals surface area contributed by atoms with Crippen LogP contribution in [-0.4, -0.2) is 56.5 Å². The van der Waals surface area contributed by atoms with Gasteiger partial charge in [0.2, 0.25) is 20.0 Å². The highest BCUT2D eigenvalue weighted by Crippen LogP contribution is 2.23. The Morgan fingerprint density at radius 2 is 1.20 bits per heavy atom. The topological polar surface area (TPSA) is 118 Å². The van der Waals surface area contributed by atoms with Gasteiger partial charge < -0.3 is 0 Å². The molecule has 0 amide bonds. The number of non-ortho nitro benzene ring substituents is 1. The lowest BCUT2D eigenvalue weighted by atomic mass is 10.1. The molecule has 2 aromatic carbocycles. The summed E-state index contributed by atoms with van der Waals surface area (Å²) in [6, 6.07) is 11.4. The standard InChI is InChI=1S/C19H23N3O6S2/c1-2-3-16-4-8-18(9-5-16)29(25,26)20-12-14-21(15-13-20)30(27,28)19-10-6-17(7-11-19)22(23)24/h4-11H,2-3,12-15H2,1H3. The van der Waals surface area contributed by atoms with Crippen molar-refractivity contribution in [3.63, 3.8) is 0 Å². The van der Waals surface area contributed by atoms with Crippen molar-refractivity contribution in [2.75, 3.05) is 26.2 Å². The predicted molar refractivity (Wildman–Crippen MR) is 111 cm³/mol. The molecule has 1 aliphatic heterocycles. The number of rotatable bonds is 7. The molecule has 0 aromatic heterocycles. The van der Waals surface area contributed by atoms with Crippen molar-refractivity contribution in [3.05, 3.63) is 64.2 Å². The van der Waals surface area contributed by atoms with E-state index in [0.29, 0.717) is 0 Å². The van der Waals surface area contributed by atoms with E-state index in [0.717, 1.165) is 30.5 Å². The van der Waals surface area contributed by atoms with Crippen LogP contribution in [0.4, 0.5) is 5.69 Å². The summed E-state index contributed by atoms with van der Waals surface area (Å²) in [6.45, 7) is 2.13. The number of aryl methyl sites for hydroxylation is 1. The van der Waals surface area contributed by atoms with E-state index in [9.17, 15) is 26.9 Å². The minimum absolute atomic E-state index is 0.00642. The molecule has 0 spiro atoms. The van der Waals surface area contributed by atoms with Crippen LogP contribution in [-0.2, 0) is 26.5 Å². The number of hydrogen-bond donors (Lipinski definition) is 0. The summed E-state index contributed by atoms with van der Waals surface area (Å²) < 4.78 is 53.8. The first-order valence-electron chi connectivity index (χ1n) is 9.50. The van der Waals surface area contributed by atoms with Gasteiger partial charge in [-0.2, -0.15) is 8.61 Å². The van der Waals surface area contributed by atoms with E-state index >= 15 is 0 Å². The molecule has 0 atom stereocenters. The van der Waals surface area contributed by atoms with Gasteiger partial charge in [-0.15, -0.1) is 0 Å². The van der Waals surface area contributed by atoms with Crippen LogP contribution in [0.25, 0.3) is 0 Å². The molecule has 1 aliphatic rings. The van der Waals surface area contributed by atoms with Crippen molar-refractivity contribution in [1.29, 1.82) is 0 Å². The zero-order chi connectivity index (χ0) is 21.9. The average molecular weight is 454 g/mol. The molecule has 162 valence electrons. The summed E-state index contributed by atoms with van der Waals surface area (Å²) in [5.74, 6) is 0. The van der Waals surface area contributed by atoms with Crippen LogP contribution in [0.2, 0.25) is 0 Å². The van der Waals surface area contributed by atoms with Gasteiger partial charge in [0, 0.05) is 38.3 Å². The van der Waals surface area contributed by atoms with Gasteiger partial charge in [0.15, 0.2) is 0 Å². The van der Waals surface area contributed by atoms with Crippen LogP contribution in [0, 0.1) is 10.1 Å². The number of benzene rings is 2. The maximum Gasteiger partial charge on any atom is 0.269 e. The lowest BCUT2D eigenvalue weighted by molar-refractivity contribution is -0.384. The second kappa shape index (κ2) is 8.80. The third-order valence-electron chi connectivity index (χ3n) is 4.98. The highest BCUT2D eigenvalue weighted by atomic mass is 32.2. The molecule has 1 saturated heterocycles. The summed E-state index contributed by atoms with van der Waals surface area (Å²) in [5, 5.41) is 10.7. The van der Waals surface area contributed by atoms with Crippen LogP contribution in [0.1, 0.15) is 18.9 Å². The van der Waals surface area contributed by atoms with E-state index in [1.54, 1.807) is 24.3 Å². The Labute approximate surface area is 176 Å². The van der Waals surface area contributed by atoms with Gasteiger partial charge in [-0.25, -0.2) is 16.8 Å². The van der Waals surface area contributed by atoms with Gasteiger partial charge in [0.05, 0.1) is 14.7 Å². The zero-order valence-electron chi connectivity index (χ0n) is 16.5. The van der Waals surface area contributed by atoms with Crippen LogP contribution >= 0.6 is 0 Å². The van der Waals surface area contributed by atoms with E-state index in [4.69, 9.17) is 0 Å². The molecule has 30 heavy (non-hydrogen) atoms. The Hall–Kier alpha value is -2.34. The summed E-state index contributed by atoms with van der Waals surface area (Å²) >= 11 is 0. The van der Waals surface area contributed by atoms with Crippen molar-refractivity contribution in [1.82, 2.24) is 8.61 Å². The Morgan fingerprint density at radius 3 is 1.57 bits per heavy atom. The molecular weight excluding hydrogens is 430 g/mol. The first-order chi connectivity index (χ1) is 14.2. The third kappa shape index (κ3) is 4.53.